The maximum atomic E-state index is 12.3. The number of halogens is 3. The first-order chi connectivity index (χ1) is 11.6. The average Bonchev–Trinajstić information content (AvgIpc) is 3.13. The Labute approximate surface area is 164 Å². The van der Waals surface area contributed by atoms with Crippen LogP contribution in [0.2, 0.25) is 10.0 Å². The average molecular weight is 400 g/mol. The monoisotopic (exact) mass is 398 g/mol. The van der Waals surface area contributed by atoms with Crippen LogP contribution in [0.25, 0.3) is 0 Å². The SMILES string of the molecule is Cl.O=C(NCC(c1ccc(Cl)c(Cl)c1)N1CCCC1)c1ccccc1. The van der Waals surface area contributed by atoms with Crippen molar-refractivity contribution < 1.29 is 4.79 Å². The molecule has 0 spiro atoms. The lowest BCUT2D eigenvalue weighted by atomic mass is 10.1. The van der Waals surface area contributed by atoms with Crippen LogP contribution in [0.1, 0.15) is 34.8 Å². The van der Waals surface area contributed by atoms with Crippen LogP contribution in [0.5, 0.6) is 0 Å². The van der Waals surface area contributed by atoms with Crippen molar-refractivity contribution in [2.24, 2.45) is 0 Å². The van der Waals surface area contributed by atoms with E-state index in [0.717, 1.165) is 18.7 Å². The topological polar surface area (TPSA) is 32.3 Å². The third kappa shape index (κ3) is 5.11. The lowest BCUT2D eigenvalue weighted by Gasteiger charge is -2.28. The third-order valence-corrected chi connectivity index (χ3v) is 5.14. The minimum atomic E-state index is -0.0557. The van der Waals surface area contributed by atoms with Crippen molar-refractivity contribution >= 4 is 41.5 Å². The van der Waals surface area contributed by atoms with E-state index in [-0.39, 0.29) is 24.4 Å². The highest BCUT2D eigenvalue weighted by molar-refractivity contribution is 6.42. The van der Waals surface area contributed by atoms with Gasteiger partial charge >= 0.3 is 0 Å². The number of nitrogens with one attached hydrogen (secondary N) is 1. The molecule has 0 aliphatic carbocycles. The second-order valence-corrected chi connectivity index (χ2v) is 6.82. The molecule has 0 aromatic heterocycles. The Balaban J connectivity index is 0.00000225. The summed E-state index contributed by atoms with van der Waals surface area (Å²) >= 11 is 12.2. The van der Waals surface area contributed by atoms with Crippen LogP contribution in [-0.2, 0) is 0 Å². The summed E-state index contributed by atoms with van der Waals surface area (Å²) in [6, 6.07) is 15.1. The van der Waals surface area contributed by atoms with Gasteiger partial charge in [0.1, 0.15) is 0 Å². The molecule has 0 radical (unpaired) electrons. The first kappa shape index (κ1) is 20.1. The van der Waals surface area contributed by atoms with Crippen LogP contribution in [0.15, 0.2) is 48.5 Å². The second kappa shape index (κ2) is 9.44. The molecular formula is C19H21Cl3N2O. The van der Waals surface area contributed by atoms with Gasteiger partial charge in [0.25, 0.3) is 5.91 Å². The van der Waals surface area contributed by atoms with Gasteiger partial charge in [-0.05, 0) is 55.8 Å². The first-order valence-corrected chi connectivity index (χ1v) is 8.93. The van der Waals surface area contributed by atoms with E-state index in [0.29, 0.717) is 22.2 Å². The summed E-state index contributed by atoms with van der Waals surface area (Å²) < 4.78 is 0. The predicted octanol–water partition coefficient (Wildman–Crippen LogP) is 4.98. The Bertz CT molecular complexity index is 703. The van der Waals surface area contributed by atoms with Crippen molar-refractivity contribution in [1.29, 1.82) is 0 Å². The summed E-state index contributed by atoms with van der Waals surface area (Å²) in [5.74, 6) is -0.0557. The lowest BCUT2D eigenvalue weighted by molar-refractivity contribution is 0.0938. The largest absolute Gasteiger partial charge is 0.350 e. The van der Waals surface area contributed by atoms with Gasteiger partial charge in [-0.3, -0.25) is 9.69 Å². The molecule has 1 amide bonds. The minimum Gasteiger partial charge on any atom is -0.350 e. The fraction of sp³-hybridized carbons (Fsp3) is 0.316. The van der Waals surface area contributed by atoms with Gasteiger partial charge in [-0.15, -0.1) is 12.4 Å². The van der Waals surface area contributed by atoms with E-state index in [4.69, 9.17) is 23.2 Å². The molecule has 1 aliphatic heterocycles. The molecule has 134 valence electrons. The van der Waals surface area contributed by atoms with Gasteiger partial charge < -0.3 is 5.32 Å². The molecule has 0 bridgehead atoms. The fourth-order valence-electron chi connectivity index (χ4n) is 3.11. The number of carbonyl (C=O) groups excluding carboxylic acids is 1. The standard InChI is InChI=1S/C19H20Cl2N2O.ClH/c20-16-9-8-15(12-17(16)21)18(23-10-4-5-11-23)13-22-19(24)14-6-2-1-3-7-14;/h1-3,6-9,12,18H,4-5,10-11,13H2,(H,22,24);1H. The smallest absolute Gasteiger partial charge is 0.251 e. The molecule has 1 heterocycles. The van der Waals surface area contributed by atoms with Gasteiger partial charge in [0.15, 0.2) is 0 Å². The molecule has 1 aliphatic rings. The third-order valence-electron chi connectivity index (χ3n) is 4.40. The van der Waals surface area contributed by atoms with Gasteiger partial charge in [-0.2, -0.15) is 0 Å². The summed E-state index contributed by atoms with van der Waals surface area (Å²) in [5, 5.41) is 4.15. The van der Waals surface area contributed by atoms with Gasteiger partial charge in [-0.1, -0.05) is 47.5 Å². The quantitative estimate of drug-likeness (QED) is 0.769. The van der Waals surface area contributed by atoms with Crippen molar-refractivity contribution in [2.75, 3.05) is 19.6 Å². The molecule has 2 aromatic carbocycles. The molecule has 2 aromatic rings. The van der Waals surface area contributed by atoms with E-state index < -0.39 is 0 Å². The highest BCUT2D eigenvalue weighted by atomic mass is 35.5. The minimum absolute atomic E-state index is 0. The van der Waals surface area contributed by atoms with Gasteiger partial charge in [0.05, 0.1) is 16.1 Å². The number of likely N-dealkylation sites (tertiary alicyclic amines) is 1. The molecule has 1 N–H and O–H groups in total. The van der Waals surface area contributed by atoms with E-state index in [1.165, 1.54) is 12.8 Å². The van der Waals surface area contributed by atoms with Crippen molar-refractivity contribution in [3.05, 3.63) is 69.7 Å². The zero-order chi connectivity index (χ0) is 16.9. The summed E-state index contributed by atoms with van der Waals surface area (Å²) in [6.45, 7) is 2.62. The Morgan fingerprint density at radius 2 is 1.72 bits per heavy atom. The van der Waals surface area contributed by atoms with E-state index in [1.54, 1.807) is 0 Å². The van der Waals surface area contributed by atoms with Crippen LogP contribution in [0.3, 0.4) is 0 Å². The zero-order valence-corrected chi connectivity index (χ0v) is 16.1. The highest BCUT2D eigenvalue weighted by Gasteiger charge is 2.24. The van der Waals surface area contributed by atoms with Crippen molar-refractivity contribution in [1.82, 2.24) is 10.2 Å². The molecule has 6 heteroatoms. The normalized spacial score (nSPS) is 15.4. The number of hydrogen-bond acceptors (Lipinski definition) is 2. The van der Waals surface area contributed by atoms with Crippen molar-refractivity contribution in [2.45, 2.75) is 18.9 Å². The van der Waals surface area contributed by atoms with Crippen molar-refractivity contribution in [3.8, 4) is 0 Å². The molecule has 1 atom stereocenters. The molecule has 1 saturated heterocycles. The van der Waals surface area contributed by atoms with E-state index >= 15 is 0 Å². The zero-order valence-electron chi connectivity index (χ0n) is 13.8. The Morgan fingerprint density at radius 1 is 1.04 bits per heavy atom. The molecule has 0 saturated carbocycles. The Hall–Kier alpha value is -1.26. The number of rotatable bonds is 5. The molecule has 3 rings (SSSR count). The maximum Gasteiger partial charge on any atom is 0.251 e. The van der Waals surface area contributed by atoms with Gasteiger partial charge in [0, 0.05) is 12.1 Å². The van der Waals surface area contributed by atoms with Crippen LogP contribution in [-0.4, -0.2) is 30.4 Å². The number of hydrogen-bond donors (Lipinski definition) is 1. The summed E-state index contributed by atoms with van der Waals surface area (Å²) in [7, 11) is 0. The maximum absolute atomic E-state index is 12.3. The molecule has 1 unspecified atom stereocenters. The van der Waals surface area contributed by atoms with Crippen LogP contribution >= 0.6 is 35.6 Å². The van der Waals surface area contributed by atoms with Crippen LogP contribution in [0.4, 0.5) is 0 Å². The summed E-state index contributed by atoms with van der Waals surface area (Å²) in [4.78, 5) is 14.7. The van der Waals surface area contributed by atoms with Crippen molar-refractivity contribution in [3.63, 3.8) is 0 Å². The molecule has 25 heavy (non-hydrogen) atoms. The molecular weight excluding hydrogens is 379 g/mol. The first-order valence-electron chi connectivity index (χ1n) is 8.17. The van der Waals surface area contributed by atoms with Gasteiger partial charge in [-0.25, -0.2) is 0 Å². The number of benzene rings is 2. The van der Waals surface area contributed by atoms with E-state index in [2.05, 4.69) is 10.2 Å². The second-order valence-electron chi connectivity index (χ2n) is 6.01. The highest BCUT2D eigenvalue weighted by Crippen LogP contribution is 2.30. The number of amides is 1. The summed E-state index contributed by atoms with van der Waals surface area (Å²) in [6.07, 6.45) is 2.37. The van der Waals surface area contributed by atoms with Crippen LogP contribution in [0, 0.1) is 0 Å². The Morgan fingerprint density at radius 3 is 2.36 bits per heavy atom. The fourth-order valence-corrected chi connectivity index (χ4v) is 3.42. The van der Waals surface area contributed by atoms with E-state index in [1.807, 2.05) is 48.5 Å². The molecule has 3 nitrogen and oxygen atoms in total. The van der Waals surface area contributed by atoms with Gasteiger partial charge in [0.2, 0.25) is 0 Å². The summed E-state index contributed by atoms with van der Waals surface area (Å²) in [5.41, 5.74) is 1.76. The van der Waals surface area contributed by atoms with Crippen LogP contribution < -0.4 is 5.32 Å². The number of carbonyl (C=O) groups is 1. The predicted molar refractivity (Wildman–Crippen MR) is 106 cm³/mol. The Kier molecular flexibility index (Phi) is 7.57. The number of nitrogens with zero attached hydrogens (tertiary/aromatic N) is 1. The molecule has 1 fully saturated rings. The van der Waals surface area contributed by atoms with E-state index in [9.17, 15) is 4.79 Å². The lowest BCUT2D eigenvalue weighted by Crippen LogP contribution is -2.36.